The first kappa shape index (κ1) is 17.2. The van der Waals surface area contributed by atoms with E-state index >= 15 is 0 Å². The van der Waals surface area contributed by atoms with Crippen LogP contribution in [0.3, 0.4) is 0 Å². The number of benzene rings is 3. The van der Waals surface area contributed by atoms with Gasteiger partial charge in [-0.05, 0) is 36.4 Å². The first-order valence-corrected chi connectivity index (χ1v) is 8.17. The van der Waals surface area contributed by atoms with Crippen molar-refractivity contribution < 1.29 is 24.7 Å². The second kappa shape index (κ2) is 6.20. The number of ketones is 2. The minimum absolute atomic E-state index is 0.0526. The molecule has 0 fully saturated rings. The van der Waals surface area contributed by atoms with Gasteiger partial charge in [-0.1, -0.05) is 18.2 Å². The van der Waals surface area contributed by atoms with Crippen molar-refractivity contribution in [1.29, 1.82) is 0 Å². The van der Waals surface area contributed by atoms with Gasteiger partial charge in [-0.2, -0.15) is 0 Å². The maximum absolute atomic E-state index is 12.9. The summed E-state index contributed by atoms with van der Waals surface area (Å²) in [5, 5.41) is 34.6. The smallest absolute Gasteiger partial charge is 0.324 e. The number of fused-ring (bicyclic) bond motifs is 2. The SMILES string of the molecule is O=C1c2cc(O)ccc2C(=O)c2c1cc(Nc1ccccc1)c(O)c2[N+](=O)[O-]. The van der Waals surface area contributed by atoms with Crippen LogP contribution in [-0.2, 0) is 0 Å². The molecule has 0 heterocycles. The lowest BCUT2D eigenvalue weighted by atomic mass is 9.82. The quantitative estimate of drug-likeness (QED) is 0.283. The number of carbonyl (C=O) groups excluding carboxylic acids is 2. The number of hydrogen-bond donors (Lipinski definition) is 3. The van der Waals surface area contributed by atoms with E-state index < -0.39 is 33.5 Å². The minimum Gasteiger partial charge on any atom is -0.508 e. The van der Waals surface area contributed by atoms with Crippen molar-refractivity contribution in [3.05, 3.63) is 87.0 Å². The van der Waals surface area contributed by atoms with E-state index in [9.17, 15) is 29.9 Å². The number of para-hydroxylation sites is 1. The van der Waals surface area contributed by atoms with Crippen molar-refractivity contribution in [2.24, 2.45) is 0 Å². The van der Waals surface area contributed by atoms with Crippen LogP contribution in [0, 0.1) is 10.1 Å². The van der Waals surface area contributed by atoms with Gasteiger partial charge < -0.3 is 15.5 Å². The van der Waals surface area contributed by atoms with Crippen LogP contribution in [0.2, 0.25) is 0 Å². The fourth-order valence-electron chi connectivity index (χ4n) is 3.22. The van der Waals surface area contributed by atoms with Crippen LogP contribution < -0.4 is 5.32 Å². The maximum Gasteiger partial charge on any atom is 0.324 e. The third-order valence-corrected chi connectivity index (χ3v) is 4.47. The zero-order valence-corrected chi connectivity index (χ0v) is 14.2. The normalized spacial score (nSPS) is 12.3. The highest BCUT2D eigenvalue weighted by Crippen LogP contribution is 2.44. The molecular weight excluding hydrogens is 364 g/mol. The molecule has 8 heteroatoms. The van der Waals surface area contributed by atoms with E-state index in [0.717, 1.165) is 6.07 Å². The highest BCUT2D eigenvalue weighted by Gasteiger charge is 2.39. The van der Waals surface area contributed by atoms with Crippen LogP contribution >= 0.6 is 0 Å². The summed E-state index contributed by atoms with van der Waals surface area (Å²) in [7, 11) is 0. The van der Waals surface area contributed by atoms with Gasteiger partial charge in [0.25, 0.3) is 0 Å². The van der Waals surface area contributed by atoms with Crippen molar-refractivity contribution in [2.75, 3.05) is 5.32 Å². The zero-order chi connectivity index (χ0) is 20.0. The topological polar surface area (TPSA) is 130 Å². The van der Waals surface area contributed by atoms with E-state index in [0.29, 0.717) is 5.69 Å². The molecule has 0 unspecified atom stereocenters. The molecule has 4 rings (SSSR count). The molecule has 1 aliphatic carbocycles. The molecule has 8 nitrogen and oxygen atoms in total. The fourth-order valence-corrected chi connectivity index (χ4v) is 3.22. The largest absolute Gasteiger partial charge is 0.508 e. The van der Waals surface area contributed by atoms with E-state index in [1.807, 2.05) is 0 Å². The molecule has 3 aromatic rings. The highest BCUT2D eigenvalue weighted by molar-refractivity contribution is 6.30. The van der Waals surface area contributed by atoms with Gasteiger partial charge in [0.15, 0.2) is 5.78 Å². The van der Waals surface area contributed by atoms with E-state index in [-0.39, 0.29) is 28.1 Å². The van der Waals surface area contributed by atoms with Gasteiger partial charge in [-0.15, -0.1) is 0 Å². The minimum atomic E-state index is -0.888. The average Bonchev–Trinajstić information content (AvgIpc) is 2.67. The number of phenolic OH excluding ortho intramolecular Hbond substituents is 2. The molecule has 0 saturated carbocycles. The molecule has 1 aliphatic rings. The lowest BCUT2D eigenvalue weighted by Crippen LogP contribution is -2.22. The maximum atomic E-state index is 12.9. The molecule has 0 spiro atoms. The first-order chi connectivity index (χ1) is 13.4. The van der Waals surface area contributed by atoms with Crippen molar-refractivity contribution >= 4 is 28.6 Å². The molecule has 0 bridgehead atoms. The number of nitrogens with one attached hydrogen (secondary N) is 1. The number of carbonyl (C=O) groups is 2. The fraction of sp³-hybridized carbons (Fsp3) is 0. The number of nitrogens with zero attached hydrogens (tertiary/aromatic N) is 1. The molecule has 138 valence electrons. The first-order valence-electron chi connectivity index (χ1n) is 8.17. The Hall–Kier alpha value is -4.20. The zero-order valence-electron chi connectivity index (χ0n) is 14.2. The Morgan fingerprint density at radius 3 is 2.25 bits per heavy atom. The van der Waals surface area contributed by atoms with E-state index in [4.69, 9.17) is 0 Å². The van der Waals surface area contributed by atoms with Crippen molar-refractivity contribution in [3.63, 3.8) is 0 Å². The monoisotopic (exact) mass is 376 g/mol. The summed E-state index contributed by atoms with van der Waals surface area (Å²) in [6.45, 7) is 0. The molecule has 0 radical (unpaired) electrons. The van der Waals surface area contributed by atoms with Crippen LogP contribution in [0.25, 0.3) is 0 Å². The Bertz CT molecular complexity index is 1170. The number of anilines is 2. The number of hydrogen-bond acceptors (Lipinski definition) is 7. The molecule has 0 saturated heterocycles. The van der Waals surface area contributed by atoms with Gasteiger partial charge in [0, 0.05) is 22.4 Å². The van der Waals surface area contributed by atoms with Gasteiger partial charge in [0.1, 0.15) is 11.3 Å². The Morgan fingerprint density at radius 2 is 1.57 bits per heavy atom. The molecule has 0 aliphatic heterocycles. The van der Waals surface area contributed by atoms with Crippen LogP contribution in [0.1, 0.15) is 31.8 Å². The van der Waals surface area contributed by atoms with Gasteiger partial charge in [0.2, 0.25) is 11.5 Å². The third kappa shape index (κ3) is 2.55. The summed E-state index contributed by atoms with van der Waals surface area (Å²) < 4.78 is 0. The second-order valence-electron chi connectivity index (χ2n) is 6.18. The number of aromatic hydroxyl groups is 2. The average molecular weight is 376 g/mol. The summed E-state index contributed by atoms with van der Waals surface area (Å²) in [5.41, 5.74) is -1.20. The predicted molar refractivity (Wildman–Crippen MR) is 99.5 cm³/mol. The Morgan fingerprint density at radius 1 is 0.857 bits per heavy atom. The summed E-state index contributed by atoms with van der Waals surface area (Å²) in [6.07, 6.45) is 0. The van der Waals surface area contributed by atoms with Crippen LogP contribution in [0.5, 0.6) is 11.5 Å². The Labute approximate surface area is 157 Å². The van der Waals surface area contributed by atoms with Crippen LogP contribution in [0.4, 0.5) is 17.1 Å². The Kier molecular flexibility index (Phi) is 3.82. The molecule has 0 atom stereocenters. The summed E-state index contributed by atoms with van der Waals surface area (Å²) in [4.78, 5) is 36.5. The number of nitro benzene ring substituents is 1. The van der Waals surface area contributed by atoms with Crippen molar-refractivity contribution in [1.82, 2.24) is 0 Å². The Balaban J connectivity index is 1.97. The second-order valence-corrected chi connectivity index (χ2v) is 6.18. The van der Waals surface area contributed by atoms with E-state index in [2.05, 4.69) is 5.32 Å². The van der Waals surface area contributed by atoms with Crippen molar-refractivity contribution in [3.8, 4) is 11.5 Å². The molecule has 3 N–H and O–H groups in total. The van der Waals surface area contributed by atoms with Crippen LogP contribution in [-0.4, -0.2) is 26.7 Å². The molecular formula is C20H12N2O6. The predicted octanol–water partition coefficient (Wildman–Crippen LogP) is 3.53. The van der Waals surface area contributed by atoms with Crippen LogP contribution in [0.15, 0.2) is 54.6 Å². The number of phenols is 2. The van der Waals surface area contributed by atoms with Gasteiger partial charge in [-0.25, -0.2) is 0 Å². The van der Waals surface area contributed by atoms with E-state index in [1.54, 1.807) is 30.3 Å². The van der Waals surface area contributed by atoms with Gasteiger partial charge in [-0.3, -0.25) is 19.7 Å². The van der Waals surface area contributed by atoms with Gasteiger partial charge >= 0.3 is 5.69 Å². The summed E-state index contributed by atoms with van der Waals surface area (Å²) in [6, 6.07) is 13.3. The molecule has 0 amide bonds. The number of rotatable bonds is 3. The molecule has 3 aromatic carbocycles. The van der Waals surface area contributed by atoms with Crippen molar-refractivity contribution in [2.45, 2.75) is 0 Å². The molecule has 0 aromatic heterocycles. The molecule has 28 heavy (non-hydrogen) atoms. The van der Waals surface area contributed by atoms with E-state index in [1.165, 1.54) is 18.2 Å². The summed E-state index contributed by atoms with van der Waals surface area (Å²) >= 11 is 0. The lowest BCUT2D eigenvalue weighted by Gasteiger charge is -2.20. The third-order valence-electron chi connectivity index (χ3n) is 4.47. The number of nitro groups is 1. The lowest BCUT2D eigenvalue weighted by molar-refractivity contribution is -0.386. The highest BCUT2D eigenvalue weighted by atomic mass is 16.6. The summed E-state index contributed by atoms with van der Waals surface area (Å²) in [5.74, 6) is -2.37. The van der Waals surface area contributed by atoms with Gasteiger partial charge in [0.05, 0.1) is 10.6 Å². The standard InChI is InChI=1S/C20H12N2O6/c23-11-6-7-12-13(8-11)18(24)14-9-15(21-10-4-2-1-3-5-10)20(26)17(22(27)28)16(14)19(12)25/h1-9,21,23,26H.